The summed E-state index contributed by atoms with van der Waals surface area (Å²) in [6, 6.07) is 14.7. The van der Waals surface area contributed by atoms with E-state index in [1.165, 1.54) is 24.2 Å². The molecule has 0 bridgehead atoms. The van der Waals surface area contributed by atoms with Crippen molar-refractivity contribution < 1.29 is 14.3 Å². The average Bonchev–Trinajstić information content (AvgIpc) is 3.13. The van der Waals surface area contributed by atoms with Gasteiger partial charge in [-0.05, 0) is 48.9 Å². The summed E-state index contributed by atoms with van der Waals surface area (Å²) in [4.78, 5) is 31.6. The molecule has 2 aromatic carbocycles. The van der Waals surface area contributed by atoms with Gasteiger partial charge in [0.2, 0.25) is 5.91 Å². The smallest absolute Gasteiger partial charge is 0.251 e. The van der Waals surface area contributed by atoms with E-state index in [2.05, 4.69) is 16.7 Å². The minimum absolute atomic E-state index is 0.135. The van der Waals surface area contributed by atoms with Crippen LogP contribution in [0.5, 0.6) is 5.75 Å². The van der Waals surface area contributed by atoms with Crippen LogP contribution in [0.4, 0.5) is 11.4 Å². The minimum atomic E-state index is -0.395. The van der Waals surface area contributed by atoms with Crippen molar-refractivity contribution >= 4 is 34.8 Å². The first-order valence-corrected chi connectivity index (χ1v) is 12.3. The lowest BCUT2D eigenvalue weighted by atomic mass is 10.1. The molecule has 1 unspecified atom stereocenters. The number of carbonyl (C=O) groups excluding carboxylic acids is 2. The zero-order valence-corrected chi connectivity index (χ0v) is 20.0. The lowest BCUT2D eigenvalue weighted by molar-refractivity contribution is -0.123. The van der Waals surface area contributed by atoms with Crippen LogP contribution >= 0.6 is 11.6 Å². The van der Waals surface area contributed by atoms with E-state index in [1.807, 2.05) is 36.4 Å². The molecule has 176 valence electrons. The van der Waals surface area contributed by atoms with Crippen molar-refractivity contribution in [3.8, 4) is 5.75 Å². The predicted octanol–water partition coefficient (Wildman–Crippen LogP) is 4.75. The third-order valence-electron chi connectivity index (χ3n) is 6.41. The summed E-state index contributed by atoms with van der Waals surface area (Å²) in [6.07, 6.45) is 4.85. The number of benzene rings is 2. The molecule has 2 saturated heterocycles. The highest BCUT2D eigenvalue weighted by Crippen LogP contribution is 2.29. The minimum Gasteiger partial charge on any atom is -0.494 e. The van der Waals surface area contributed by atoms with E-state index >= 15 is 0 Å². The van der Waals surface area contributed by atoms with Gasteiger partial charge in [-0.2, -0.15) is 0 Å². The second-order valence-electron chi connectivity index (χ2n) is 8.69. The number of piperazine rings is 1. The van der Waals surface area contributed by atoms with E-state index < -0.39 is 6.04 Å². The molecule has 2 heterocycles. The number of hydrogen-bond acceptors (Lipinski definition) is 5. The van der Waals surface area contributed by atoms with Crippen LogP contribution in [0.1, 0.15) is 39.0 Å². The van der Waals surface area contributed by atoms with Gasteiger partial charge in [0.05, 0.1) is 24.8 Å². The molecule has 6 nitrogen and oxygen atoms in total. The third kappa shape index (κ3) is 5.68. The Bertz CT molecular complexity index is 958. The Kier molecular flexibility index (Phi) is 7.89. The Morgan fingerprint density at radius 2 is 1.70 bits per heavy atom. The summed E-state index contributed by atoms with van der Waals surface area (Å²) < 4.78 is 5.78. The summed E-state index contributed by atoms with van der Waals surface area (Å²) >= 11 is 6.13. The van der Waals surface area contributed by atoms with Crippen LogP contribution in [0, 0.1) is 0 Å². The van der Waals surface area contributed by atoms with Crippen LogP contribution in [0.2, 0.25) is 5.02 Å². The number of imide groups is 1. The van der Waals surface area contributed by atoms with E-state index in [1.54, 1.807) is 12.1 Å². The molecular formula is C26H32ClN3O3. The normalized spacial score (nSPS) is 19.4. The van der Waals surface area contributed by atoms with Gasteiger partial charge in [-0.1, -0.05) is 43.9 Å². The van der Waals surface area contributed by atoms with Gasteiger partial charge in [0.25, 0.3) is 5.91 Å². The molecule has 2 aromatic rings. The zero-order valence-electron chi connectivity index (χ0n) is 19.2. The molecule has 0 aliphatic carbocycles. The van der Waals surface area contributed by atoms with E-state index in [4.69, 9.17) is 16.3 Å². The molecule has 33 heavy (non-hydrogen) atoms. The van der Waals surface area contributed by atoms with E-state index in [0.717, 1.165) is 49.1 Å². The molecular weight excluding hydrogens is 438 g/mol. The van der Waals surface area contributed by atoms with Crippen molar-refractivity contribution in [2.45, 2.75) is 45.1 Å². The van der Waals surface area contributed by atoms with Crippen molar-refractivity contribution in [1.29, 1.82) is 0 Å². The number of nitrogens with zero attached hydrogens (tertiary/aromatic N) is 3. The van der Waals surface area contributed by atoms with Gasteiger partial charge < -0.3 is 9.64 Å². The van der Waals surface area contributed by atoms with Gasteiger partial charge in [-0.25, -0.2) is 4.90 Å². The summed E-state index contributed by atoms with van der Waals surface area (Å²) in [5.41, 5.74) is 1.70. The van der Waals surface area contributed by atoms with Crippen molar-refractivity contribution in [1.82, 2.24) is 4.90 Å². The standard InChI is InChI=1S/C26H32ClN3O3/c1-2-3-4-5-17-33-23-11-9-21(10-12-23)30-25(31)19-24(26(30)32)29-15-13-28(14-16-29)22-8-6-7-20(27)18-22/h6-12,18,24H,2-5,13-17,19H2,1H3. The monoisotopic (exact) mass is 469 g/mol. The summed E-state index contributed by atoms with van der Waals surface area (Å²) in [7, 11) is 0. The lowest BCUT2D eigenvalue weighted by Crippen LogP contribution is -2.52. The van der Waals surface area contributed by atoms with Crippen molar-refractivity contribution in [3.63, 3.8) is 0 Å². The van der Waals surface area contributed by atoms with E-state index in [-0.39, 0.29) is 18.2 Å². The maximum Gasteiger partial charge on any atom is 0.251 e. The highest BCUT2D eigenvalue weighted by Gasteiger charge is 2.43. The molecule has 2 fully saturated rings. The summed E-state index contributed by atoms with van der Waals surface area (Å²) in [6.45, 7) is 5.92. The molecule has 2 amide bonds. The second-order valence-corrected chi connectivity index (χ2v) is 9.13. The average molecular weight is 470 g/mol. The van der Waals surface area contributed by atoms with Crippen LogP contribution in [0.15, 0.2) is 48.5 Å². The number of unbranched alkanes of at least 4 members (excludes halogenated alkanes) is 3. The molecule has 2 aliphatic heterocycles. The van der Waals surface area contributed by atoms with Gasteiger partial charge in [0, 0.05) is 36.9 Å². The Balaban J connectivity index is 1.32. The van der Waals surface area contributed by atoms with Crippen LogP contribution in [-0.4, -0.2) is 55.5 Å². The van der Waals surface area contributed by atoms with Crippen LogP contribution < -0.4 is 14.5 Å². The molecule has 0 saturated carbocycles. The topological polar surface area (TPSA) is 53.1 Å². The Hall–Kier alpha value is -2.57. The van der Waals surface area contributed by atoms with Crippen molar-refractivity contribution in [3.05, 3.63) is 53.6 Å². The largest absolute Gasteiger partial charge is 0.494 e. The zero-order chi connectivity index (χ0) is 23.2. The molecule has 4 rings (SSSR count). The van der Waals surface area contributed by atoms with E-state index in [0.29, 0.717) is 12.3 Å². The highest BCUT2D eigenvalue weighted by atomic mass is 35.5. The lowest BCUT2D eigenvalue weighted by Gasteiger charge is -2.38. The van der Waals surface area contributed by atoms with Crippen LogP contribution in [0.25, 0.3) is 0 Å². The maximum atomic E-state index is 13.2. The SMILES string of the molecule is CCCCCCOc1ccc(N2C(=O)CC(N3CCN(c4cccc(Cl)c4)CC3)C2=O)cc1. The number of ether oxygens (including phenoxy) is 1. The first-order chi connectivity index (χ1) is 16.1. The number of rotatable bonds is 9. The molecule has 0 N–H and O–H groups in total. The molecule has 7 heteroatoms. The van der Waals surface area contributed by atoms with Gasteiger partial charge in [0.15, 0.2) is 0 Å². The molecule has 0 aromatic heterocycles. The quantitative estimate of drug-likeness (QED) is 0.391. The Morgan fingerprint density at radius 3 is 2.39 bits per heavy atom. The number of carbonyl (C=O) groups is 2. The Morgan fingerprint density at radius 1 is 0.939 bits per heavy atom. The first-order valence-electron chi connectivity index (χ1n) is 11.9. The second kappa shape index (κ2) is 11.0. The fourth-order valence-corrected chi connectivity index (χ4v) is 4.73. The maximum absolute atomic E-state index is 13.2. The van der Waals surface area contributed by atoms with Crippen molar-refractivity contribution in [2.24, 2.45) is 0 Å². The number of amides is 2. The summed E-state index contributed by atoms with van der Waals surface area (Å²) in [5, 5.41) is 0.718. The molecule has 0 spiro atoms. The number of anilines is 2. The van der Waals surface area contributed by atoms with E-state index in [9.17, 15) is 9.59 Å². The van der Waals surface area contributed by atoms with Crippen LogP contribution in [0.3, 0.4) is 0 Å². The molecule has 1 atom stereocenters. The molecule has 2 aliphatic rings. The van der Waals surface area contributed by atoms with Gasteiger partial charge >= 0.3 is 0 Å². The fourth-order valence-electron chi connectivity index (χ4n) is 4.55. The number of halogens is 1. The first kappa shape index (κ1) is 23.6. The fraction of sp³-hybridized carbons (Fsp3) is 0.462. The van der Waals surface area contributed by atoms with Gasteiger partial charge in [-0.3, -0.25) is 14.5 Å². The van der Waals surface area contributed by atoms with Crippen molar-refractivity contribution in [2.75, 3.05) is 42.6 Å². The number of hydrogen-bond donors (Lipinski definition) is 0. The Labute approximate surface area is 201 Å². The highest BCUT2D eigenvalue weighted by molar-refractivity contribution is 6.30. The predicted molar refractivity (Wildman–Crippen MR) is 132 cm³/mol. The summed E-state index contributed by atoms with van der Waals surface area (Å²) in [5.74, 6) is 0.489. The van der Waals surface area contributed by atoms with Crippen LogP contribution in [-0.2, 0) is 9.59 Å². The third-order valence-corrected chi connectivity index (χ3v) is 6.65. The molecule has 0 radical (unpaired) electrons. The van der Waals surface area contributed by atoms with Gasteiger partial charge in [0.1, 0.15) is 5.75 Å². The van der Waals surface area contributed by atoms with Gasteiger partial charge in [-0.15, -0.1) is 0 Å².